The van der Waals surface area contributed by atoms with Gasteiger partial charge in [0.2, 0.25) is 11.8 Å². The van der Waals surface area contributed by atoms with Gasteiger partial charge in [-0.15, -0.1) is 11.6 Å². The van der Waals surface area contributed by atoms with E-state index in [2.05, 4.69) is 16.0 Å². The number of halogens is 1. The number of amides is 4. The van der Waals surface area contributed by atoms with Crippen LogP contribution in [0.15, 0.2) is 60.7 Å². The van der Waals surface area contributed by atoms with Crippen molar-refractivity contribution in [2.75, 3.05) is 18.6 Å². The molecule has 0 aliphatic carbocycles. The van der Waals surface area contributed by atoms with E-state index in [1.165, 1.54) is 16.7 Å². The van der Waals surface area contributed by atoms with Gasteiger partial charge in [-0.2, -0.15) is 11.8 Å². The van der Waals surface area contributed by atoms with Crippen LogP contribution in [-0.2, 0) is 32.1 Å². The number of alkyl halides is 1. The molecule has 0 unspecified atom stereocenters. The molecule has 1 aliphatic rings. The fourth-order valence-electron chi connectivity index (χ4n) is 4.88. The van der Waals surface area contributed by atoms with Gasteiger partial charge < -0.3 is 30.7 Å². The average Bonchev–Trinajstić information content (AvgIpc) is 3.39. The maximum atomic E-state index is 13.7. The van der Waals surface area contributed by atoms with E-state index < -0.39 is 53.1 Å². The molecule has 2 aromatic rings. The number of hydrogen-bond donors (Lipinski definition) is 4. The zero-order chi connectivity index (χ0) is 32.3. The van der Waals surface area contributed by atoms with Crippen LogP contribution in [0.2, 0.25) is 0 Å². The summed E-state index contributed by atoms with van der Waals surface area (Å²) >= 11 is 7.89. The Bertz CT molecular complexity index is 1250. The molecule has 4 amide bonds. The van der Waals surface area contributed by atoms with Gasteiger partial charge in [-0.05, 0) is 63.2 Å². The van der Waals surface area contributed by atoms with Gasteiger partial charge in [0, 0.05) is 12.1 Å². The van der Waals surface area contributed by atoms with E-state index in [0.29, 0.717) is 12.2 Å². The second-order valence-electron chi connectivity index (χ2n) is 11.9. The van der Waals surface area contributed by atoms with Crippen LogP contribution in [0.25, 0.3) is 0 Å². The van der Waals surface area contributed by atoms with Crippen LogP contribution in [0.5, 0.6) is 0 Å². The van der Waals surface area contributed by atoms with Gasteiger partial charge >= 0.3 is 6.09 Å². The molecule has 1 heterocycles. The first kappa shape index (κ1) is 35.2. The molecule has 0 bridgehead atoms. The van der Waals surface area contributed by atoms with E-state index in [0.717, 1.165) is 11.1 Å². The van der Waals surface area contributed by atoms with Crippen LogP contribution in [0.3, 0.4) is 0 Å². The van der Waals surface area contributed by atoms with Crippen molar-refractivity contribution in [3.05, 3.63) is 71.8 Å². The van der Waals surface area contributed by atoms with Crippen LogP contribution in [-0.4, -0.2) is 87.5 Å². The summed E-state index contributed by atoms with van der Waals surface area (Å²) in [5, 5.41) is 19.3. The fourth-order valence-corrected chi connectivity index (χ4v) is 5.67. The molecule has 10 nitrogen and oxygen atoms in total. The number of rotatable bonds is 13. The Balaban J connectivity index is 1.77. The highest BCUT2D eigenvalue weighted by Crippen LogP contribution is 2.25. The molecule has 1 fully saturated rings. The number of benzene rings is 2. The number of carbonyl (C=O) groups excluding carboxylic acids is 4. The highest BCUT2D eigenvalue weighted by atomic mass is 35.5. The summed E-state index contributed by atoms with van der Waals surface area (Å²) in [6.07, 6.45) is 0.107. The lowest BCUT2D eigenvalue weighted by molar-refractivity contribution is -0.147. The molecular formula is C32H43ClN4O6S. The number of ether oxygens (including phenoxy) is 1. The van der Waals surface area contributed by atoms with Crippen LogP contribution < -0.4 is 16.0 Å². The predicted molar refractivity (Wildman–Crippen MR) is 172 cm³/mol. The number of hydrogen-bond acceptors (Lipinski definition) is 7. The first-order valence-corrected chi connectivity index (χ1v) is 16.5. The first-order chi connectivity index (χ1) is 20.9. The summed E-state index contributed by atoms with van der Waals surface area (Å²) in [4.78, 5) is 54.3. The zero-order valence-corrected chi connectivity index (χ0v) is 27.2. The van der Waals surface area contributed by atoms with Gasteiger partial charge in [0.1, 0.15) is 18.7 Å². The molecule has 2 aromatic carbocycles. The quantitative estimate of drug-likeness (QED) is 0.245. The van der Waals surface area contributed by atoms with Crippen LogP contribution in [0.1, 0.15) is 44.7 Å². The minimum atomic E-state index is -1.68. The lowest BCUT2D eigenvalue weighted by Crippen LogP contribution is -2.59. The molecule has 0 saturated carbocycles. The highest BCUT2D eigenvalue weighted by Gasteiger charge is 2.43. The number of nitrogens with zero attached hydrogens (tertiary/aromatic N) is 1. The first-order valence-electron chi connectivity index (χ1n) is 14.6. The Hall–Kier alpha value is -3.28. The zero-order valence-electron chi connectivity index (χ0n) is 25.6. The number of aliphatic hydroxyl groups excluding tert-OH is 1. The largest absolute Gasteiger partial charge is 0.445 e. The monoisotopic (exact) mass is 646 g/mol. The summed E-state index contributed by atoms with van der Waals surface area (Å²) in [6, 6.07) is 15.4. The van der Waals surface area contributed by atoms with Crippen molar-refractivity contribution in [2.24, 2.45) is 0 Å². The second-order valence-corrected chi connectivity index (χ2v) is 13.5. The molecule has 44 heavy (non-hydrogen) atoms. The standard InChI is InChI=1S/C32H43ClN4O6S/c1-32(2,3)36-29(40)26-18-23(33)19-37(26)30(41)27(38)25(17-21-11-7-5-8-12-21)34-28(39)24(15-16-44-4)35-31(42)43-20-22-13-9-6-10-14-22/h5-14,23-27,38H,15-20H2,1-4H3,(H,34,39)(H,35,42)(H,36,40)/t23-,24-,25-,26-,27-/m0/s1. The van der Waals surface area contributed by atoms with Crippen molar-refractivity contribution in [3.8, 4) is 0 Å². The van der Waals surface area contributed by atoms with Crippen LogP contribution >= 0.6 is 23.4 Å². The summed E-state index contributed by atoms with van der Waals surface area (Å²) in [6.45, 7) is 5.63. The minimum absolute atomic E-state index is 0.0365. The molecule has 5 atom stereocenters. The smallest absolute Gasteiger partial charge is 0.408 e. The van der Waals surface area contributed by atoms with Crippen molar-refractivity contribution >= 4 is 47.2 Å². The maximum Gasteiger partial charge on any atom is 0.408 e. The minimum Gasteiger partial charge on any atom is -0.445 e. The summed E-state index contributed by atoms with van der Waals surface area (Å²) in [7, 11) is 0. The third-order valence-electron chi connectivity index (χ3n) is 7.03. The van der Waals surface area contributed by atoms with Gasteiger partial charge in [-0.3, -0.25) is 14.4 Å². The van der Waals surface area contributed by atoms with E-state index >= 15 is 0 Å². The molecular weight excluding hydrogens is 604 g/mol. The summed E-state index contributed by atoms with van der Waals surface area (Å²) in [5.74, 6) is -1.07. The third kappa shape index (κ3) is 11.0. The Morgan fingerprint density at radius 3 is 2.23 bits per heavy atom. The number of thioether (sulfide) groups is 1. The Morgan fingerprint density at radius 1 is 1.02 bits per heavy atom. The topological polar surface area (TPSA) is 137 Å². The van der Waals surface area contributed by atoms with Gasteiger partial charge in [0.15, 0.2) is 6.10 Å². The van der Waals surface area contributed by atoms with Crippen molar-refractivity contribution in [3.63, 3.8) is 0 Å². The van der Waals surface area contributed by atoms with E-state index in [-0.39, 0.29) is 31.9 Å². The Kier molecular flexibility index (Phi) is 13.4. The van der Waals surface area contributed by atoms with E-state index in [4.69, 9.17) is 16.3 Å². The predicted octanol–water partition coefficient (Wildman–Crippen LogP) is 3.25. The molecule has 12 heteroatoms. The highest BCUT2D eigenvalue weighted by molar-refractivity contribution is 7.98. The van der Waals surface area contributed by atoms with Crippen molar-refractivity contribution in [1.29, 1.82) is 0 Å². The van der Waals surface area contributed by atoms with E-state index in [1.54, 1.807) is 0 Å². The Labute approximate surface area is 268 Å². The number of aliphatic hydroxyl groups is 1. The molecule has 240 valence electrons. The van der Waals surface area contributed by atoms with Gasteiger partial charge in [0.25, 0.3) is 5.91 Å². The van der Waals surface area contributed by atoms with Crippen molar-refractivity contribution in [1.82, 2.24) is 20.9 Å². The van der Waals surface area contributed by atoms with Crippen LogP contribution in [0, 0.1) is 0 Å². The lowest BCUT2D eigenvalue weighted by atomic mass is 9.99. The maximum absolute atomic E-state index is 13.7. The van der Waals surface area contributed by atoms with E-state index in [1.807, 2.05) is 87.7 Å². The second kappa shape index (κ2) is 16.7. The lowest BCUT2D eigenvalue weighted by Gasteiger charge is -2.32. The molecule has 4 N–H and O–H groups in total. The van der Waals surface area contributed by atoms with Crippen LogP contribution in [0.4, 0.5) is 4.79 Å². The number of alkyl carbamates (subject to hydrolysis) is 1. The Morgan fingerprint density at radius 2 is 1.64 bits per heavy atom. The van der Waals surface area contributed by atoms with Gasteiger partial charge in [-0.1, -0.05) is 60.7 Å². The number of nitrogens with one attached hydrogen (secondary N) is 3. The van der Waals surface area contributed by atoms with Gasteiger partial charge in [0.05, 0.1) is 11.4 Å². The fraction of sp³-hybridized carbons (Fsp3) is 0.500. The molecule has 0 aromatic heterocycles. The summed E-state index contributed by atoms with van der Waals surface area (Å²) in [5.41, 5.74) is 1.05. The molecule has 0 spiro atoms. The normalized spacial score (nSPS) is 18.5. The SMILES string of the molecule is CSCC[C@H](NC(=O)OCc1ccccc1)C(=O)N[C@@H](Cc1ccccc1)[C@H](O)C(=O)N1C[C@@H](Cl)C[C@H]1C(=O)NC(C)(C)C. The average molecular weight is 647 g/mol. The number of likely N-dealkylation sites (tertiary alicyclic amines) is 1. The molecule has 1 aliphatic heterocycles. The molecule has 1 saturated heterocycles. The molecule has 0 radical (unpaired) electrons. The van der Waals surface area contributed by atoms with Crippen molar-refractivity contribution in [2.45, 2.75) is 81.8 Å². The summed E-state index contributed by atoms with van der Waals surface area (Å²) < 4.78 is 5.32. The third-order valence-corrected chi connectivity index (χ3v) is 7.99. The van der Waals surface area contributed by atoms with Crippen molar-refractivity contribution < 1.29 is 29.0 Å². The van der Waals surface area contributed by atoms with E-state index in [9.17, 15) is 24.3 Å². The van der Waals surface area contributed by atoms with Gasteiger partial charge in [-0.25, -0.2) is 4.79 Å². The number of carbonyl (C=O) groups is 4. The molecule has 3 rings (SSSR count).